The smallest absolute Gasteiger partial charge is 0.410 e. The molecule has 0 aromatic carbocycles. The van der Waals surface area contributed by atoms with Gasteiger partial charge in [-0.25, -0.2) is 4.79 Å². The van der Waals surface area contributed by atoms with E-state index in [0.29, 0.717) is 19.5 Å². The fraction of sp³-hybridized carbons (Fsp3) is 0.583. The van der Waals surface area contributed by atoms with Crippen molar-refractivity contribution < 1.29 is 14.3 Å². The maximum absolute atomic E-state index is 11.7. The van der Waals surface area contributed by atoms with Gasteiger partial charge in [0, 0.05) is 19.5 Å². The van der Waals surface area contributed by atoms with Crippen LogP contribution in [0.15, 0.2) is 18.4 Å². The Kier molecular flexibility index (Phi) is 6.19. The summed E-state index contributed by atoms with van der Waals surface area (Å²) in [5.41, 5.74) is 2.05. The lowest BCUT2D eigenvalue weighted by molar-refractivity contribution is -0.108. The number of amides is 1. The maximum atomic E-state index is 11.7. The van der Waals surface area contributed by atoms with Crippen LogP contribution in [0.25, 0.3) is 0 Å². The molecule has 0 saturated carbocycles. The van der Waals surface area contributed by atoms with E-state index in [1.165, 1.54) is 4.90 Å². The fourth-order valence-corrected chi connectivity index (χ4v) is 0.967. The third kappa shape index (κ3) is 6.85. The van der Waals surface area contributed by atoms with Crippen molar-refractivity contribution in [1.82, 2.24) is 4.90 Å². The van der Waals surface area contributed by atoms with Gasteiger partial charge in [-0.2, -0.15) is 0 Å². The van der Waals surface area contributed by atoms with Gasteiger partial charge in [-0.3, -0.25) is 0 Å². The molecule has 0 unspecified atom stereocenters. The summed E-state index contributed by atoms with van der Waals surface area (Å²) in [5.74, 6) is 0. The van der Waals surface area contributed by atoms with Crippen LogP contribution in [0, 0.1) is 0 Å². The zero-order valence-electron chi connectivity index (χ0n) is 10.2. The molecular formula is C12H19NO3. The molecule has 0 spiro atoms. The van der Waals surface area contributed by atoms with Crippen LogP contribution in [-0.2, 0) is 9.53 Å². The van der Waals surface area contributed by atoms with E-state index in [2.05, 4.69) is 12.3 Å². The van der Waals surface area contributed by atoms with E-state index in [4.69, 9.17) is 4.74 Å². The fourth-order valence-electron chi connectivity index (χ4n) is 0.967. The molecule has 0 aliphatic rings. The summed E-state index contributed by atoms with van der Waals surface area (Å²) in [6, 6.07) is 0. The Balaban J connectivity index is 4.41. The van der Waals surface area contributed by atoms with Crippen molar-refractivity contribution in [2.45, 2.75) is 32.8 Å². The van der Waals surface area contributed by atoms with Crippen LogP contribution in [0.4, 0.5) is 4.79 Å². The molecule has 0 aliphatic carbocycles. The van der Waals surface area contributed by atoms with Crippen LogP contribution >= 0.6 is 0 Å². The summed E-state index contributed by atoms with van der Waals surface area (Å²) in [6.07, 6.45) is 2.26. The van der Waals surface area contributed by atoms with Crippen LogP contribution in [0.3, 0.4) is 0 Å². The summed E-state index contributed by atoms with van der Waals surface area (Å²) < 4.78 is 5.20. The average Bonchev–Trinajstić information content (AvgIpc) is 2.15. The first-order valence-corrected chi connectivity index (χ1v) is 5.16. The number of nitrogens with zero attached hydrogens (tertiary/aromatic N) is 1. The molecule has 0 saturated heterocycles. The van der Waals surface area contributed by atoms with Crippen molar-refractivity contribution in [3.8, 4) is 0 Å². The monoisotopic (exact) mass is 225 g/mol. The normalized spacial score (nSPS) is 10.2. The molecule has 0 fully saturated rings. The molecule has 0 N–H and O–H groups in total. The van der Waals surface area contributed by atoms with Gasteiger partial charge < -0.3 is 14.4 Å². The van der Waals surface area contributed by atoms with Crippen molar-refractivity contribution in [2.24, 2.45) is 0 Å². The summed E-state index contributed by atoms with van der Waals surface area (Å²) in [4.78, 5) is 23.4. The van der Waals surface area contributed by atoms with E-state index in [1.807, 2.05) is 0 Å². The highest BCUT2D eigenvalue weighted by Crippen LogP contribution is 2.10. The first-order chi connectivity index (χ1) is 7.40. The molecule has 16 heavy (non-hydrogen) atoms. The molecule has 0 radical (unpaired) electrons. The zero-order valence-corrected chi connectivity index (χ0v) is 10.2. The summed E-state index contributed by atoms with van der Waals surface area (Å²) in [7, 11) is 0. The SMILES string of the molecule is C=C=CCN(CCC=O)C(=O)OC(C)(C)C. The third-order valence-electron chi connectivity index (χ3n) is 1.62. The molecular weight excluding hydrogens is 206 g/mol. The number of carbonyl (C=O) groups excluding carboxylic acids is 2. The molecule has 0 rings (SSSR count). The Morgan fingerprint density at radius 3 is 2.56 bits per heavy atom. The van der Waals surface area contributed by atoms with Crippen LogP contribution in [0.1, 0.15) is 27.2 Å². The van der Waals surface area contributed by atoms with Crippen molar-refractivity contribution >= 4 is 12.4 Å². The van der Waals surface area contributed by atoms with Gasteiger partial charge in [0.2, 0.25) is 0 Å². The highest BCUT2D eigenvalue weighted by Gasteiger charge is 2.20. The first kappa shape index (κ1) is 14.5. The molecule has 90 valence electrons. The molecule has 0 aliphatic heterocycles. The Labute approximate surface area is 96.6 Å². The van der Waals surface area contributed by atoms with E-state index in [-0.39, 0.29) is 0 Å². The minimum atomic E-state index is -0.533. The second-order valence-electron chi connectivity index (χ2n) is 4.29. The highest BCUT2D eigenvalue weighted by molar-refractivity contribution is 5.68. The van der Waals surface area contributed by atoms with Crippen molar-refractivity contribution in [3.05, 3.63) is 18.4 Å². The molecule has 0 aromatic rings. The van der Waals surface area contributed by atoms with Gasteiger partial charge in [-0.15, -0.1) is 5.73 Å². The maximum Gasteiger partial charge on any atom is 0.410 e. The molecule has 0 bridgehead atoms. The van der Waals surface area contributed by atoms with E-state index in [1.54, 1.807) is 26.8 Å². The molecule has 1 amide bonds. The predicted molar refractivity (Wildman–Crippen MR) is 62.2 cm³/mol. The Morgan fingerprint density at radius 1 is 1.50 bits per heavy atom. The van der Waals surface area contributed by atoms with Crippen molar-refractivity contribution in [1.29, 1.82) is 0 Å². The second-order valence-corrected chi connectivity index (χ2v) is 4.29. The summed E-state index contributed by atoms with van der Waals surface area (Å²) in [5, 5.41) is 0. The molecule has 0 aromatic heterocycles. The van der Waals surface area contributed by atoms with Gasteiger partial charge in [0.1, 0.15) is 11.9 Å². The molecule has 4 nitrogen and oxygen atoms in total. The predicted octanol–water partition coefficient (Wildman–Crippen LogP) is 2.15. The van der Waals surface area contributed by atoms with Crippen LogP contribution in [0.5, 0.6) is 0 Å². The quantitative estimate of drug-likeness (QED) is 0.532. The largest absolute Gasteiger partial charge is 0.444 e. The Morgan fingerprint density at radius 2 is 2.12 bits per heavy atom. The van der Waals surface area contributed by atoms with E-state index < -0.39 is 11.7 Å². The van der Waals surface area contributed by atoms with E-state index in [0.717, 1.165) is 6.29 Å². The number of carbonyl (C=O) groups is 2. The number of rotatable bonds is 5. The van der Waals surface area contributed by atoms with Gasteiger partial charge in [-0.1, -0.05) is 6.58 Å². The van der Waals surface area contributed by atoms with Gasteiger partial charge in [-0.05, 0) is 26.8 Å². The third-order valence-corrected chi connectivity index (χ3v) is 1.62. The highest BCUT2D eigenvalue weighted by atomic mass is 16.6. The van der Waals surface area contributed by atoms with Gasteiger partial charge in [0.05, 0.1) is 0 Å². The molecule has 0 atom stereocenters. The van der Waals surface area contributed by atoms with Crippen molar-refractivity contribution in [3.63, 3.8) is 0 Å². The topological polar surface area (TPSA) is 46.6 Å². The summed E-state index contributed by atoms with van der Waals surface area (Å²) in [6.45, 7) is 9.51. The standard InChI is InChI=1S/C12H19NO3/c1-5-6-8-13(9-7-10-14)11(15)16-12(2,3)4/h6,10H,1,7-9H2,2-4H3. The van der Waals surface area contributed by atoms with Crippen LogP contribution in [0.2, 0.25) is 0 Å². The van der Waals surface area contributed by atoms with Gasteiger partial charge in [0.25, 0.3) is 0 Å². The Hall–Kier alpha value is -1.54. The molecule has 0 heterocycles. The lowest BCUT2D eigenvalue weighted by atomic mass is 10.2. The van der Waals surface area contributed by atoms with Gasteiger partial charge >= 0.3 is 6.09 Å². The van der Waals surface area contributed by atoms with Crippen LogP contribution in [-0.4, -0.2) is 36.0 Å². The number of aldehydes is 1. The second kappa shape index (κ2) is 6.85. The number of hydrogen-bond donors (Lipinski definition) is 0. The minimum Gasteiger partial charge on any atom is -0.444 e. The first-order valence-electron chi connectivity index (χ1n) is 5.16. The minimum absolute atomic E-state index is 0.296. The molecule has 4 heteroatoms. The Bertz CT molecular complexity index is 285. The number of ether oxygens (including phenoxy) is 1. The van der Waals surface area contributed by atoms with Gasteiger partial charge in [0.15, 0.2) is 0 Å². The summed E-state index contributed by atoms with van der Waals surface area (Å²) >= 11 is 0. The lowest BCUT2D eigenvalue weighted by Crippen LogP contribution is -2.37. The number of hydrogen-bond acceptors (Lipinski definition) is 3. The van der Waals surface area contributed by atoms with Crippen LogP contribution < -0.4 is 0 Å². The van der Waals surface area contributed by atoms with Crippen molar-refractivity contribution in [2.75, 3.05) is 13.1 Å². The van der Waals surface area contributed by atoms with E-state index in [9.17, 15) is 9.59 Å². The average molecular weight is 225 g/mol. The lowest BCUT2D eigenvalue weighted by Gasteiger charge is -2.26. The van der Waals surface area contributed by atoms with E-state index >= 15 is 0 Å². The zero-order chi connectivity index (χ0) is 12.6.